The predicted octanol–water partition coefficient (Wildman–Crippen LogP) is 3.24. The maximum absolute atomic E-state index is 12.8. The summed E-state index contributed by atoms with van der Waals surface area (Å²) in [6.45, 7) is 0.358. The Balaban J connectivity index is 2.17. The molecule has 5 heteroatoms. The predicted molar refractivity (Wildman–Crippen MR) is 65.3 cm³/mol. The number of nitrogens with two attached hydrogens (primary N) is 1. The second-order valence-corrected chi connectivity index (χ2v) is 4.72. The summed E-state index contributed by atoms with van der Waals surface area (Å²) >= 11 is 0. The minimum absolute atomic E-state index is 0.0674. The minimum Gasteiger partial charge on any atom is -0.380 e. The van der Waals surface area contributed by atoms with E-state index in [-0.39, 0.29) is 11.7 Å². The molecule has 0 spiro atoms. The first kappa shape index (κ1) is 13.2. The molecular formula is C13H17F3N2. The molecule has 1 aromatic carbocycles. The Morgan fingerprint density at radius 1 is 1.28 bits per heavy atom. The van der Waals surface area contributed by atoms with Crippen molar-refractivity contribution in [2.24, 2.45) is 11.7 Å². The van der Waals surface area contributed by atoms with Crippen molar-refractivity contribution < 1.29 is 13.2 Å². The van der Waals surface area contributed by atoms with Gasteiger partial charge in [-0.15, -0.1) is 0 Å². The average molecular weight is 258 g/mol. The van der Waals surface area contributed by atoms with Gasteiger partial charge >= 0.3 is 6.18 Å². The Morgan fingerprint density at radius 2 is 1.94 bits per heavy atom. The fraction of sp³-hybridized carbons (Fsp3) is 0.538. The maximum Gasteiger partial charge on any atom is 0.418 e. The molecule has 2 rings (SSSR count). The normalized spacial score (nSPS) is 18.2. The zero-order valence-corrected chi connectivity index (χ0v) is 10.0. The number of alkyl halides is 3. The Labute approximate surface area is 104 Å². The highest BCUT2D eigenvalue weighted by Gasteiger charge is 2.34. The van der Waals surface area contributed by atoms with Crippen molar-refractivity contribution in [3.05, 3.63) is 29.8 Å². The van der Waals surface area contributed by atoms with E-state index in [0.717, 1.165) is 25.3 Å². The first-order valence-electron chi connectivity index (χ1n) is 6.15. The molecule has 2 nitrogen and oxygen atoms in total. The van der Waals surface area contributed by atoms with Crippen molar-refractivity contribution in [2.45, 2.75) is 31.5 Å². The van der Waals surface area contributed by atoms with Crippen LogP contribution in [0, 0.1) is 5.92 Å². The molecule has 1 atom stereocenters. The molecule has 1 saturated carbocycles. The van der Waals surface area contributed by atoms with E-state index >= 15 is 0 Å². The van der Waals surface area contributed by atoms with Gasteiger partial charge in [-0.25, -0.2) is 0 Å². The van der Waals surface area contributed by atoms with E-state index < -0.39 is 11.7 Å². The van der Waals surface area contributed by atoms with Gasteiger partial charge in [-0.2, -0.15) is 13.2 Å². The molecule has 0 aliphatic heterocycles. The van der Waals surface area contributed by atoms with Crippen LogP contribution in [0.5, 0.6) is 0 Å². The molecule has 100 valence electrons. The largest absolute Gasteiger partial charge is 0.418 e. The third-order valence-electron chi connectivity index (χ3n) is 3.55. The standard InChI is InChI=1S/C13H17F3N2/c14-13(15,16)10-6-1-2-7-11(10)18-12(8-17)9-4-3-5-9/h1-2,6-7,9,12,18H,3-5,8,17H2. The fourth-order valence-corrected chi connectivity index (χ4v) is 2.27. The lowest BCUT2D eigenvalue weighted by molar-refractivity contribution is -0.137. The van der Waals surface area contributed by atoms with Gasteiger partial charge < -0.3 is 11.1 Å². The van der Waals surface area contributed by atoms with Crippen LogP contribution >= 0.6 is 0 Å². The summed E-state index contributed by atoms with van der Waals surface area (Å²) < 4.78 is 38.5. The van der Waals surface area contributed by atoms with Gasteiger partial charge in [0.1, 0.15) is 0 Å². The van der Waals surface area contributed by atoms with Crippen molar-refractivity contribution in [2.75, 3.05) is 11.9 Å². The third-order valence-corrected chi connectivity index (χ3v) is 3.55. The number of rotatable bonds is 4. The van der Waals surface area contributed by atoms with Crippen molar-refractivity contribution in [1.82, 2.24) is 0 Å². The summed E-state index contributed by atoms with van der Waals surface area (Å²) in [5.41, 5.74) is 5.16. The van der Waals surface area contributed by atoms with E-state index in [1.54, 1.807) is 6.07 Å². The molecule has 0 bridgehead atoms. The minimum atomic E-state index is -4.33. The van der Waals surface area contributed by atoms with E-state index in [9.17, 15) is 13.2 Å². The second kappa shape index (κ2) is 5.18. The van der Waals surface area contributed by atoms with E-state index in [1.165, 1.54) is 12.1 Å². The highest BCUT2D eigenvalue weighted by Crippen LogP contribution is 2.36. The number of benzene rings is 1. The summed E-state index contributed by atoms with van der Waals surface area (Å²) in [5.74, 6) is 0.399. The molecule has 1 fully saturated rings. The van der Waals surface area contributed by atoms with Crippen molar-refractivity contribution in [3.8, 4) is 0 Å². The van der Waals surface area contributed by atoms with Crippen LogP contribution in [-0.2, 0) is 6.18 Å². The zero-order chi connectivity index (χ0) is 13.2. The van der Waals surface area contributed by atoms with Crippen LogP contribution in [0.4, 0.5) is 18.9 Å². The van der Waals surface area contributed by atoms with Crippen LogP contribution in [0.1, 0.15) is 24.8 Å². The van der Waals surface area contributed by atoms with Gasteiger partial charge in [0.05, 0.1) is 5.56 Å². The topological polar surface area (TPSA) is 38.0 Å². The number of hydrogen-bond acceptors (Lipinski definition) is 2. The Bertz CT molecular complexity index is 399. The van der Waals surface area contributed by atoms with Crippen molar-refractivity contribution in [1.29, 1.82) is 0 Å². The summed E-state index contributed by atoms with van der Waals surface area (Å²) in [7, 11) is 0. The Hall–Kier alpha value is -1.23. The lowest BCUT2D eigenvalue weighted by Gasteiger charge is -2.34. The average Bonchev–Trinajstić information content (AvgIpc) is 2.25. The molecule has 0 heterocycles. The van der Waals surface area contributed by atoms with Crippen LogP contribution in [0.2, 0.25) is 0 Å². The maximum atomic E-state index is 12.8. The highest BCUT2D eigenvalue weighted by molar-refractivity contribution is 5.53. The smallest absolute Gasteiger partial charge is 0.380 e. The van der Waals surface area contributed by atoms with Gasteiger partial charge in [0, 0.05) is 18.3 Å². The fourth-order valence-electron chi connectivity index (χ4n) is 2.27. The van der Waals surface area contributed by atoms with Crippen LogP contribution in [0.3, 0.4) is 0 Å². The molecule has 1 aliphatic carbocycles. The van der Waals surface area contributed by atoms with Gasteiger partial charge in [-0.3, -0.25) is 0 Å². The first-order chi connectivity index (χ1) is 8.52. The molecule has 1 aromatic rings. The molecule has 0 aromatic heterocycles. The van der Waals surface area contributed by atoms with Crippen LogP contribution in [0.15, 0.2) is 24.3 Å². The van der Waals surface area contributed by atoms with Gasteiger partial charge in [-0.1, -0.05) is 18.6 Å². The summed E-state index contributed by atoms with van der Waals surface area (Å²) in [4.78, 5) is 0. The monoisotopic (exact) mass is 258 g/mol. The number of nitrogens with one attached hydrogen (secondary N) is 1. The van der Waals surface area contributed by atoms with Gasteiger partial charge in [-0.05, 0) is 30.9 Å². The van der Waals surface area contributed by atoms with Crippen molar-refractivity contribution in [3.63, 3.8) is 0 Å². The molecule has 0 amide bonds. The number of hydrogen-bond donors (Lipinski definition) is 2. The first-order valence-corrected chi connectivity index (χ1v) is 6.15. The zero-order valence-electron chi connectivity index (χ0n) is 10.0. The lowest BCUT2D eigenvalue weighted by atomic mass is 9.79. The summed E-state index contributed by atoms with van der Waals surface area (Å²) in [6.07, 6.45) is -1.10. The van der Waals surface area contributed by atoms with E-state index in [4.69, 9.17) is 5.73 Å². The lowest BCUT2D eigenvalue weighted by Crippen LogP contribution is -2.40. The molecule has 1 unspecified atom stereocenters. The number of halogens is 3. The SMILES string of the molecule is NCC(Nc1ccccc1C(F)(F)F)C1CCC1. The summed E-state index contributed by atoms with van der Waals surface area (Å²) in [5, 5.41) is 2.96. The number of para-hydroxylation sites is 1. The molecule has 3 N–H and O–H groups in total. The molecule has 0 saturated heterocycles. The molecular weight excluding hydrogens is 241 g/mol. The van der Waals surface area contributed by atoms with Crippen molar-refractivity contribution >= 4 is 5.69 Å². The quantitative estimate of drug-likeness (QED) is 0.870. The van der Waals surface area contributed by atoms with Crippen LogP contribution < -0.4 is 11.1 Å². The van der Waals surface area contributed by atoms with Gasteiger partial charge in [0.15, 0.2) is 0 Å². The molecule has 1 aliphatic rings. The highest BCUT2D eigenvalue weighted by atomic mass is 19.4. The molecule has 0 radical (unpaired) electrons. The van der Waals surface area contributed by atoms with E-state index in [0.29, 0.717) is 12.5 Å². The molecule has 18 heavy (non-hydrogen) atoms. The summed E-state index contributed by atoms with van der Waals surface area (Å²) in [6, 6.07) is 5.49. The Morgan fingerprint density at radius 3 is 2.44 bits per heavy atom. The third kappa shape index (κ3) is 2.77. The second-order valence-electron chi connectivity index (χ2n) is 4.72. The van der Waals surface area contributed by atoms with Crippen LogP contribution in [-0.4, -0.2) is 12.6 Å². The Kier molecular flexibility index (Phi) is 3.80. The van der Waals surface area contributed by atoms with Gasteiger partial charge in [0.2, 0.25) is 0 Å². The van der Waals surface area contributed by atoms with Crippen LogP contribution in [0.25, 0.3) is 0 Å². The van der Waals surface area contributed by atoms with E-state index in [1.807, 2.05) is 0 Å². The van der Waals surface area contributed by atoms with Gasteiger partial charge in [0.25, 0.3) is 0 Å². The van der Waals surface area contributed by atoms with E-state index in [2.05, 4.69) is 5.32 Å². The number of anilines is 1.